The van der Waals surface area contributed by atoms with Crippen LogP contribution in [0.2, 0.25) is 5.02 Å². The zero-order chi connectivity index (χ0) is 20.6. The van der Waals surface area contributed by atoms with E-state index in [0.717, 1.165) is 11.3 Å². The van der Waals surface area contributed by atoms with Crippen LogP contribution >= 0.6 is 11.6 Å². The summed E-state index contributed by atoms with van der Waals surface area (Å²) in [5.74, 6) is -1.64. The molecule has 0 unspecified atom stereocenters. The molecule has 8 heteroatoms. The minimum atomic E-state index is -3.67. The molecule has 154 valence electrons. The second-order valence-electron chi connectivity index (χ2n) is 7.75. The molecule has 2 aromatic carbocycles. The quantitative estimate of drug-likeness (QED) is 0.756. The van der Waals surface area contributed by atoms with Crippen molar-refractivity contribution in [1.82, 2.24) is 4.31 Å². The smallest absolute Gasteiger partial charge is 0.311 e. The van der Waals surface area contributed by atoms with Gasteiger partial charge in [-0.05, 0) is 36.2 Å². The van der Waals surface area contributed by atoms with Crippen LogP contribution in [0.25, 0.3) is 0 Å². The van der Waals surface area contributed by atoms with Gasteiger partial charge < -0.3 is 10.0 Å². The number of benzene rings is 2. The third-order valence-corrected chi connectivity index (χ3v) is 8.25. The average Bonchev–Trinajstić information content (AvgIpc) is 3.44. The fourth-order valence-electron chi connectivity index (χ4n) is 4.18. The van der Waals surface area contributed by atoms with Crippen LogP contribution in [0.15, 0.2) is 54.6 Å². The van der Waals surface area contributed by atoms with E-state index in [9.17, 15) is 18.3 Å². The molecule has 2 aromatic rings. The van der Waals surface area contributed by atoms with Gasteiger partial charge in [0, 0.05) is 42.8 Å². The Morgan fingerprint density at radius 3 is 2.24 bits per heavy atom. The predicted molar refractivity (Wildman–Crippen MR) is 113 cm³/mol. The van der Waals surface area contributed by atoms with E-state index in [4.69, 9.17) is 11.6 Å². The number of hydrogen-bond acceptors (Lipinski definition) is 4. The second-order valence-corrected chi connectivity index (χ2v) is 10.2. The predicted octanol–water partition coefficient (Wildman–Crippen LogP) is 3.05. The minimum Gasteiger partial charge on any atom is -0.481 e. The first-order valence-corrected chi connectivity index (χ1v) is 11.6. The molecule has 1 aliphatic carbocycles. The molecule has 1 saturated heterocycles. The van der Waals surface area contributed by atoms with Gasteiger partial charge in [0.25, 0.3) is 0 Å². The number of piperazine rings is 1. The lowest BCUT2D eigenvalue weighted by molar-refractivity contribution is -0.142. The summed E-state index contributed by atoms with van der Waals surface area (Å²) in [4.78, 5) is 14.1. The normalized spacial score (nSPS) is 25.0. The lowest BCUT2D eigenvalue weighted by atomic mass is 10.0. The van der Waals surface area contributed by atoms with Gasteiger partial charge in [0.2, 0.25) is 10.0 Å². The number of halogens is 1. The zero-order valence-corrected chi connectivity index (χ0v) is 17.4. The Morgan fingerprint density at radius 2 is 1.66 bits per heavy atom. The summed E-state index contributed by atoms with van der Waals surface area (Å²) in [6.45, 7) is 1.80. The number of carboxylic acids is 1. The van der Waals surface area contributed by atoms with Gasteiger partial charge in [-0.15, -0.1) is 0 Å². The molecule has 6 nitrogen and oxygen atoms in total. The molecule has 2 aliphatic rings. The van der Waals surface area contributed by atoms with Crippen LogP contribution in [0.3, 0.4) is 0 Å². The molecule has 29 heavy (non-hydrogen) atoms. The maximum absolute atomic E-state index is 13.0. The van der Waals surface area contributed by atoms with Gasteiger partial charge in [-0.2, -0.15) is 4.31 Å². The SMILES string of the molecule is O=C(O)[C@@]1(CS(=O)(=O)N2CCN(c3ccc(Cl)cc3)CC2)C[C@H]1c1ccccc1. The second kappa shape index (κ2) is 7.63. The molecular formula is C21H23ClN2O4S. The van der Waals surface area contributed by atoms with E-state index in [1.54, 1.807) is 0 Å². The fourth-order valence-corrected chi connectivity index (χ4v) is 6.30. The number of hydrogen-bond donors (Lipinski definition) is 1. The number of anilines is 1. The van der Waals surface area contributed by atoms with E-state index in [0.29, 0.717) is 37.6 Å². The number of carbonyl (C=O) groups is 1. The van der Waals surface area contributed by atoms with E-state index in [-0.39, 0.29) is 11.7 Å². The van der Waals surface area contributed by atoms with E-state index >= 15 is 0 Å². The van der Waals surface area contributed by atoms with Crippen molar-refractivity contribution in [3.63, 3.8) is 0 Å². The first-order valence-electron chi connectivity index (χ1n) is 9.58. The van der Waals surface area contributed by atoms with Gasteiger partial charge >= 0.3 is 5.97 Å². The number of carboxylic acid groups (broad SMARTS) is 1. The highest BCUT2D eigenvalue weighted by Gasteiger charge is 2.63. The Morgan fingerprint density at radius 1 is 1.03 bits per heavy atom. The van der Waals surface area contributed by atoms with Crippen molar-refractivity contribution in [2.45, 2.75) is 12.3 Å². The summed E-state index contributed by atoms with van der Waals surface area (Å²) in [6.07, 6.45) is 0.357. The first-order chi connectivity index (χ1) is 13.8. The maximum Gasteiger partial charge on any atom is 0.311 e. The Bertz CT molecular complexity index is 989. The highest BCUT2D eigenvalue weighted by molar-refractivity contribution is 7.89. The van der Waals surface area contributed by atoms with Crippen molar-refractivity contribution in [3.8, 4) is 0 Å². The summed E-state index contributed by atoms with van der Waals surface area (Å²) in [6, 6.07) is 16.8. The monoisotopic (exact) mass is 434 g/mol. The van der Waals surface area contributed by atoms with E-state index in [1.165, 1.54) is 4.31 Å². The summed E-state index contributed by atoms with van der Waals surface area (Å²) >= 11 is 5.93. The molecule has 2 fully saturated rings. The van der Waals surface area contributed by atoms with Crippen LogP contribution in [0.4, 0.5) is 5.69 Å². The lowest BCUT2D eigenvalue weighted by Crippen LogP contribution is -2.50. The number of aliphatic carboxylic acids is 1. The van der Waals surface area contributed by atoms with Crippen LogP contribution < -0.4 is 4.90 Å². The summed E-state index contributed by atoms with van der Waals surface area (Å²) < 4.78 is 27.5. The van der Waals surface area contributed by atoms with Crippen molar-refractivity contribution < 1.29 is 18.3 Å². The Kier molecular flexibility index (Phi) is 5.31. The molecule has 0 spiro atoms. The third kappa shape index (κ3) is 3.99. The van der Waals surface area contributed by atoms with Crippen molar-refractivity contribution in [1.29, 1.82) is 0 Å². The van der Waals surface area contributed by atoms with Gasteiger partial charge in [-0.25, -0.2) is 8.42 Å². The highest BCUT2D eigenvalue weighted by Crippen LogP contribution is 2.60. The molecule has 0 aromatic heterocycles. The van der Waals surface area contributed by atoms with E-state index < -0.39 is 21.4 Å². The molecule has 2 atom stereocenters. The molecule has 1 heterocycles. The van der Waals surface area contributed by atoms with Crippen molar-refractivity contribution >= 4 is 33.3 Å². The van der Waals surface area contributed by atoms with Crippen LogP contribution in [0, 0.1) is 5.41 Å². The number of rotatable bonds is 6. The summed E-state index contributed by atoms with van der Waals surface area (Å²) in [5.41, 5.74) is 0.658. The van der Waals surface area contributed by atoms with Crippen molar-refractivity contribution in [3.05, 3.63) is 65.2 Å². The highest BCUT2D eigenvalue weighted by atomic mass is 35.5. The largest absolute Gasteiger partial charge is 0.481 e. The number of nitrogens with zero attached hydrogens (tertiary/aromatic N) is 2. The van der Waals surface area contributed by atoms with Gasteiger partial charge in [0.15, 0.2) is 0 Å². The maximum atomic E-state index is 13.0. The van der Waals surface area contributed by atoms with Gasteiger partial charge in [-0.3, -0.25) is 4.79 Å². The molecule has 1 saturated carbocycles. The molecule has 1 aliphatic heterocycles. The Hall–Kier alpha value is -2.09. The Balaban J connectivity index is 1.44. The first kappa shape index (κ1) is 20.2. The van der Waals surface area contributed by atoms with Crippen LogP contribution in [0.5, 0.6) is 0 Å². The van der Waals surface area contributed by atoms with Gasteiger partial charge in [0.05, 0.1) is 11.2 Å². The standard InChI is InChI=1S/C21H23ClN2O4S/c22-17-6-8-18(9-7-17)23-10-12-24(13-11-23)29(27,28)15-21(20(25)26)14-19(21)16-4-2-1-3-5-16/h1-9,19H,10-15H2,(H,25,26)/t19-,21+/m0/s1. The molecule has 0 bridgehead atoms. The minimum absolute atomic E-state index is 0.258. The van der Waals surface area contributed by atoms with Gasteiger partial charge in [-0.1, -0.05) is 41.9 Å². The molecule has 0 radical (unpaired) electrons. The van der Waals surface area contributed by atoms with Crippen LogP contribution in [-0.4, -0.2) is 55.7 Å². The van der Waals surface area contributed by atoms with Crippen LogP contribution in [0.1, 0.15) is 17.9 Å². The Labute approximate surface area is 175 Å². The average molecular weight is 435 g/mol. The molecule has 1 N–H and O–H groups in total. The molecule has 4 rings (SSSR count). The summed E-state index contributed by atoms with van der Waals surface area (Å²) in [7, 11) is -3.67. The lowest BCUT2D eigenvalue weighted by Gasteiger charge is -2.36. The van der Waals surface area contributed by atoms with E-state index in [1.807, 2.05) is 54.6 Å². The van der Waals surface area contributed by atoms with E-state index in [2.05, 4.69) is 4.90 Å². The van der Waals surface area contributed by atoms with Crippen LogP contribution in [-0.2, 0) is 14.8 Å². The third-order valence-electron chi connectivity index (χ3n) is 5.97. The fraction of sp³-hybridized carbons (Fsp3) is 0.381. The summed E-state index contributed by atoms with van der Waals surface area (Å²) in [5, 5.41) is 10.5. The topological polar surface area (TPSA) is 77.9 Å². The molecular weight excluding hydrogens is 412 g/mol. The van der Waals surface area contributed by atoms with Crippen molar-refractivity contribution in [2.75, 3.05) is 36.8 Å². The molecule has 0 amide bonds. The van der Waals surface area contributed by atoms with Crippen molar-refractivity contribution in [2.24, 2.45) is 5.41 Å². The zero-order valence-electron chi connectivity index (χ0n) is 15.9. The number of sulfonamides is 1. The van der Waals surface area contributed by atoms with Gasteiger partial charge in [0.1, 0.15) is 0 Å².